The third kappa shape index (κ3) is 2.29. The zero-order valence-electron chi connectivity index (χ0n) is 6.08. The van der Waals surface area contributed by atoms with E-state index in [1.54, 1.807) is 12.3 Å². The summed E-state index contributed by atoms with van der Waals surface area (Å²) in [5, 5.41) is 13.7. The highest BCUT2D eigenvalue weighted by Gasteiger charge is 1.92. The van der Waals surface area contributed by atoms with E-state index in [9.17, 15) is 5.11 Å². The van der Waals surface area contributed by atoms with Crippen LogP contribution in [0.4, 0.5) is 5.69 Å². The summed E-state index contributed by atoms with van der Waals surface area (Å²) < 4.78 is 0. The second-order valence-corrected chi connectivity index (χ2v) is 2.08. The van der Waals surface area contributed by atoms with Crippen LogP contribution in [0.15, 0.2) is 31.1 Å². The number of hydrogen-bond donors (Lipinski definition) is 1. The Bertz CT molecular complexity index is 248. The molecule has 0 unspecified atom stereocenters. The highest BCUT2D eigenvalue weighted by Crippen LogP contribution is 2.12. The molecule has 1 radical (unpaired) electrons. The molecule has 1 aromatic heterocycles. The lowest BCUT2D eigenvalue weighted by Crippen LogP contribution is -1.97. The van der Waals surface area contributed by atoms with Crippen molar-refractivity contribution in [3.63, 3.8) is 0 Å². The minimum Gasteiger partial charge on any atom is -0.380 e. The predicted molar refractivity (Wildman–Crippen MR) is 43.1 cm³/mol. The summed E-state index contributed by atoms with van der Waals surface area (Å²) in [4.78, 5) is 3.73. The quantitative estimate of drug-likeness (QED) is 0.666. The van der Waals surface area contributed by atoms with Gasteiger partial charge in [-0.1, -0.05) is 6.08 Å². The molecule has 1 rings (SSSR count). The fourth-order valence-corrected chi connectivity index (χ4v) is 0.706. The van der Waals surface area contributed by atoms with Crippen molar-refractivity contribution in [2.24, 2.45) is 0 Å². The van der Waals surface area contributed by atoms with Crippen molar-refractivity contribution in [3.8, 4) is 5.75 Å². The molecule has 0 saturated heterocycles. The normalized spacial score (nSPS) is 9.09. The van der Waals surface area contributed by atoms with Crippen LogP contribution in [0.3, 0.4) is 0 Å². The van der Waals surface area contributed by atoms with E-state index in [4.69, 9.17) is 0 Å². The van der Waals surface area contributed by atoms with Crippen LogP contribution in [0, 0.1) is 0 Å². The third-order valence-electron chi connectivity index (χ3n) is 1.16. The van der Waals surface area contributed by atoms with Crippen LogP contribution in [0.2, 0.25) is 0 Å². The van der Waals surface area contributed by atoms with Gasteiger partial charge in [-0.3, -0.25) is 10.1 Å². The maximum atomic E-state index is 10.7. The summed E-state index contributed by atoms with van der Waals surface area (Å²) in [6, 6.07) is 1.50. The number of aromatic nitrogens is 1. The lowest BCUT2D eigenvalue weighted by atomic mass is 10.4. The lowest BCUT2D eigenvalue weighted by molar-refractivity contribution is 0.353. The fraction of sp³-hybridized carbons (Fsp3) is 0.125. The molecular formula is C8H9N2O. The van der Waals surface area contributed by atoms with E-state index in [-0.39, 0.29) is 5.75 Å². The standard InChI is InChI=1S/C8H9N2O/c1-2-3-10-7-4-8(11)6-9-5-7/h2,4-6,10H,1,3H2. The van der Waals surface area contributed by atoms with Gasteiger partial charge in [-0.25, -0.2) is 0 Å². The van der Waals surface area contributed by atoms with E-state index >= 15 is 0 Å². The molecule has 0 aliphatic carbocycles. The first-order valence-electron chi connectivity index (χ1n) is 3.30. The molecule has 11 heavy (non-hydrogen) atoms. The van der Waals surface area contributed by atoms with Crippen molar-refractivity contribution in [1.29, 1.82) is 0 Å². The predicted octanol–water partition coefficient (Wildman–Crippen LogP) is 1.82. The Morgan fingerprint density at radius 3 is 3.09 bits per heavy atom. The maximum Gasteiger partial charge on any atom is 0.198 e. The zero-order valence-corrected chi connectivity index (χ0v) is 6.08. The molecule has 0 aliphatic heterocycles. The van der Waals surface area contributed by atoms with Gasteiger partial charge in [0.1, 0.15) is 0 Å². The van der Waals surface area contributed by atoms with Crippen LogP contribution in [-0.4, -0.2) is 11.5 Å². The summed E-state index contributed by atoms with van der Waals surface area (Å²) in [6.45, 7) is 4.18. The lowest BCUT2D eigenvalue weighted by Gasteiger charge is -2.00. The van der Waals surface area contributed by atoms with Crippen LogP contribution in [0.5, 0.6) is 5.75 Å². The van der Waals surface area contributed by atoms with Crippen molar-refractivity contribution in [2.45, 2.75) is 0 Å². The molecule has 3 heteroatoms. The summed E-state index contributed by atoms with van der Waals surface area (Å²) in [6.07, 6.45) is 4.60. The molecular weight excluding hydrogens is 140 g/mol. The fourth-order valence-electron chi connectivity index (χ4n) is 0.706. The Kier molecular flexibility index (Phi) is 2.49. The molecule has 1 aromatic rings. The van der Waals surface area contributed by atoms with Crippen molar-refractivity contribution in [2.75, 3.05) is 11.9 Å². The van der Waals surface area contributed by atoms with Crippen LogP contribution in [0.25, 0.3) is 0 Å². The Labute approximate surface area is 65.4 Å². The Morgan fingerprint density at radius 1 is 1.64 bits per heavy atom. The summed E-state index contributed by atoms with van der Waals surface area (Å²) >= 11 is 0. The van der Waals surface area contributed by atoms with Gasteiger partial charge in [-0.2, -0.15) is 0 Å². The molecule has 0 aromatic carbocycles. The van der Waals surface area contributed by atoms with Crippen molar-refractivity contribution < 1.29 is 5.11 Å². The van der Waals surface area contributed by atoms with E-state index in [0.717, 1.165) is 5.69 Å². The first-order valence-corrected chi connectivity index (χ1v) is 3.30. The minimum atomic E-state index is -0.0842. The molecule has 0 bridgehead atoms. The molecule has 0 atom stereocenters. The number of hydrogen-bond acceptors (Lipinski definition) is 2. The van der Waals surface area contributed by atoms with Crippen molar-refractivity contribution in [3.05, 3.63) is 31.1 Å². The highest BCUT2D eigenvalue weighted by atomic mass is 16.3. The molecule has 1 heterocycles. The first-order chi connectivity index (χ1) is 5.33. The van der Waals surface area contributed by atoms with Gasteiger partial charge in [-0.15, -0.1) is 6.58 Å². The average molecular weight is 149 g/mol. The largest absolute Gasteiger partial charge is 0.380 e. The van der Waals surface area contributed by atoms with Crippen LogP contribution < -0.4 is 5.32 Å². The van der Waals surface area contributed by atoms with E-state index in [2.05, 4.69) is 16.9 Å². The molecule has 0 spiro atoms. The van der Waals surface area contributed by atoms with Gasteiger partial charge in [0.15, 0.2) is 5.75 Å². The Balaban J connectivity index is 2.63. The van der Waals surface area contributed by atoms with Gasteiger partial charge >= 0.3 is 0 Å². The molecule has 57 valence electrons. The van der Waals surface area contributed by atoms with Gasteiger partial charge in [-0.05, 0) is 0 Å². The molecule has 1 N–H and O–H groups in total. The average Bonchev–Trinajstić information content (AvgIpc) is 2.01. The molecule has 0 saturated carbocycles. The second-order valence-electron chi connectivity index (χ2n) is 2.08. The van der Waals surface area contributed by atoms with E-state index in [1.165, 1.54) is 12.3 Å². The number of rotatable bonds is 3. The first kappa shape index (κ1) is 7.60. The summed E-state index contributed by atoms with van der Waals surface area (Å²) in [7, 11) is 0. The van der Waals surface area contributed by atoms with Gasteiger partial charge in [0.05, 0.1) is 18.1 Å². The molecule has 0 amide bonds. The van der Waals surface area contributed by atoms with Crippen molar-refractivity contribution >= 4 is 5.69 Å². The van der Waals surface area contributed by atoms with E-state index < -0.39 is 0 Å². The molecule has 3 nitrogen and oxygen atoms in total. The van der Waals surface area contributed by atoms with Crippen molar-refractivity contribution in [1.82, 2.24) is 4.98 Å². The van der Waals surface area contributed by atoms with Gasteiger partial charge in [0, 0.05) is 12.6 Å². The van der Waals surface area contributed by atoms with Crippen LogP contribution >= 0.6 is 0 Å². The smallest absolute Gasteiger partial charge is 0.198 e. The van der Waals surface area contributed by atoms with Gasteiger partial charge < -0.3 is 5.32 Å². The zero-order chi connectivity index (χ0) is 8.10. The van der Waals surface area contributed by atoms with Gasteiger partial charge in [0.2, 0.25) is 0 Å². The number of pyridine rings is 1. The molecule has 0 aliphatic rings. The Hall–Kier alpha value is -1.51. The van der Waals surface area contributed by atoms with Crippen LogP contribution in [0.1, 0.15) is 0 Å². The second kappa shape index (κ2) is 3.61. The number of nitrogens with zero attached hydrogens (tertiary/aromatic N) is 1. The van der Waals surface area contributed by atoms with E-state index in [1.807, 2.05) is 0 Å². The van der Waals surface area contributed by atoms with E-state index in [0.29, 0.717) is 6.54 Å². The minimum absolute atomic E-state index is 0.0842. The number of anilines is 1. The van der Waals surface area contributed by atoms with Crippen LogP contribution in [-0.2, 0) is 5.11 Å². The highest BCUT2D eigenvalue weighted by molar-refractivity contribution is 5.44. The third-order valence-corrected chi connectivity index (χ3v) is 1.16. The summed E-state index contributed by atoms with van der Waals surface area (Å²) in [5.41, 5.74) is 0.734. The Morgan fingerprint density at radius 2 is 2.45 bits per heavy atom. The molecule has 0 fully saturated rings. The monoisotopic (exact) mass is 149 g/mol. The number of nitrogens with one attached hydrogen (secondary N) is 1. The topological polar surface area (TPSA) is 44.8 Å². The maximum absolute atomic E-state index is 10.7. The van der Waals surface area contributed by atoms with Gasteiger partial charge in [0.25, 0.3) is 0 Å². The SMILES string of the molecule is C=CCNc1cncc([O])c1. The summed E-state index contributed by atoms with van der Waals surface area (Å²) in [5.74, 6) is -0.0842.